The third kappa shape index (κ3) is 3.41. The van der Waals surface area contributed by atoms with Gasteiger partial charge in [-0.05, 0) is 44.7 Å². The second-order valence-electron chi connectivity index (χ2n) is 4.31. The molecule has 0 aliphatic rings. The predicted molar refractivity (Wildman–Crippen MR) is 80.8 cm³/mol. The van der Waals surface area contributed by atoms with Crippen LogP contribution in [0, 0.1) is 5.92 Å². The van der Waals surface area contributed by atoms with E-state index in [1.54, 1.807) is 11.3 Å². The van der Waals surface area contributed by atoms with Gasteiger partial charge in [0.2, 0.25) is 0 Å². The summed E-state index contributed by atoms with van der Waals surface area (Å²) in [5.74, 6) is 0.604. The van der Waals surface area contributed by atoms with Crippen LogP contribution in [0.4, 0.5) is 0 Å². The van der Waals surface area contributed by atoms with E-state index >= 15 is 0 Å². The summed E-state index contributed by atoms with van der Waals surface area (Å²) >= 11 is 7.20. The standard InChI is InChI=1S/C13H16BrNS2/c1-9(2)13(11-4-3-6-16-11)15-8-12-10(14)5-7-17-12/h3-7,9,13,15H,8H2,1-2H3. The molecule has 1 nitrogen and oxygen atoms in total. The Morgan fingerprint density at radius 2 is 2.06 bits per heavy atom. The lowest BCUT2D eigenvalue weighted by molar-refractivity contribution is 0.418. The molecule has 2 aromatic rings. The van der Waals surface area contributed by atoms with Crippen LogP contribution in [0.2, 0.25) is 0 Å². The van der Waals surface area contributed by atoms with Crippen LogP contribution in [-0.4, -0.2) is 0 Å². The fraction of sp³-hybridized carbons (Fsp3) is 0.385. The van der Waals surface area contributed by atoms with Crippen LogP contribution in [0.25, 0.3) is 0 Å². The molecule has 1 unspecified atom stereocenters. The second kappa shape index (κ2) is 6.14. The molecule has 0 radical (unpaired) electrons. The summed E-state index contributed by atoms with van der Waals surface area (Å²) in [5.41, 5.74) is 0. The first kappa shape index (κ1) is 13.3. The van der Waals surface area contributed by atoms with Crippen LogP contribution in [0.3, 0.4) is 0 Å². The van der Waals surface area contributed by atoms with Gasteiger partial charge < -0.3 is 5.32 Å². The summed E-state index contributed by atoms with van der Waals surface area (Å²) in [7, 11) is 0. The van der Waals surface area contributed by atoms with Gasteiger partial charge in [0.05, 0.1) is 0 Å². The quantitative estimate of drug-likeness (QED) is 0.808. The van der Waals surface area contributed by atoms with E-state index in [-0.39, 0.29) is 0 Å². The Balaban J connectivity index is 2.02. The Morgan fingerprint density at radius 3 is 2.59 bits per heavy atom. The maximum absolute atomic E-state index is 3.66. The Morgan fingerprint density at radius 1 is 1.24 bits per heavy atom. The van der Waals surface area contributed by atoms with Gasteiger partial charge >= 0.3 is 0 Å². The van der Waals surface area contributed by atoms with Crippen molar-refractivity contribution in [1.82, 2.24) is 5.32 Å². The summed E-state index contributed by atoms with van der Waals surface area (Å²) in [6, 6.07) is 6.89. The predicted octanol–water partition coefficient (Wildman–Crippen LogP) is 5.06. The van der Waals surface area contributed by atoms with Crippen LogP contribution in [0.15, 0.2) is 33.4 Å². The highest BCUT2D eigenvalue weighted by molar-refractivity contribution is 9.10. The van der Waals surface area contributed by atoms with Crippen LogP contribution in [0.1, 0.15) is 29.6 Å². The van der Waals surface area contributed by atoms with Gasteiger partial charge in [-0.3, -0.25) is 0 Å². The van der Waals surface area contributed by atoms with Crippen LogP contribution < -0.4 is 5.32 Å². The van der Waals surface area contributed by atoms with Crippen molar-refractivity contribution >= 4 is 38.6 Å². The van der Waals surface area contributed by atoms with E-state index in [9.17, 15) is 0 Å². The van der Waals surface area contributed by atoms with E-state index in [0.717, 1.165) is 6.54 Å². The van der Waals surface area contributed by atoms with Gasteiger partial charge in [-0.2, -0.15) is 0 Å². The largest absolute Gasteiger partial charge is 0.304 e. The normalized spacial score (nSPS) is 13.2. The highest BCUT2D eigenvalue weighted by Crippen LogP contribution is 2.28. The van der Waals surface area contributed by atoms with Crippen molar-refractivity contribution in [1.29, 1.82) is 0 Å². The molecule has 1 N–H and O–H groups in total. The molecule has 0 aliphatic carbocycles. The number of hydrogen-bond acceptors (Lipinski definition) is 3. The fourth-order valence-corrected chi connectivity index (χ4v) is 4.20. The van der Waals surface area contributed by atoms with E-state index in [4.69, 9.17) is 0 Å². The third-order valence-electron chi connectivity index (χ3n) is 2.69. The molecule has 0 spiro atoms. The average molecular weight is 330 g/mol. The molecular weight excluding hydrogens is 314 g/mol. The molecule has 0 bridgehead atoms. The Kier molecular flexibility index (Phi) is 4.79. The minimum absolute atomic E-state index is 0.448. The highest BCUT2D eigenvalue weighted by Gasteiger charge is 2.16. The Bertz CT molecular complexity index is 448. The first-order valence-corrected chi connectivity index (χ1v) is 8.22. The molecule has 0 amide bonds. The van der Waals surface area contributed by atoms with Crippen molar-refractivity contribution in [2.24, 2.45) is 5.92 Å². The summed E-state index contributed by atoms with van der Waals surface area (Å²) in [5, 5.41) is 7.92. The van der Waals surface area contributed by atoms with Crippen molar-refractivity contribution in [2.75, 3.05) is 0 Å². The smallest absolute Gasteiger partial charge is 0.0440 e. The number of hydrogen-bond donors (Lipinski definition) is 1. The zero-order valence-corrected chi connectivity index (χ0v) is 13.2. The molecule has 17 heavy (non-hydrogen) atoms. The molecule has 4 heteroatoms. The SMILES string of the molecule is CC(C)C(NCc1sccc1Br)c1cccs1. The molecular formula is C13H16BrNS2. The zero-order chi connectivity index (χ0) is 12.3. The third-order valence-corrected chi connectivity index (χ3v) is 5.57. The fourth-order valence-electron chi connectivity index (χ4n) is 1.79. The van der Waals surface area contributed by atoms with Crippen molar-refractivity contribution in [3.05, 3.63) is 43.2 Å². The van der Waals surface area contributed by atoms with Crippen LogP contribution in [-0.2, 0) is 6.54 Å². The molecule has 0 saturated heterocycles. The van der Waals surface area contributed by atoms with Crippen LogP contribution in [0.5, 0.6) is 0 Å². The minimum Gasteiger partial charge on any atom is -0.304 e. The van der Waals surface area contributed by atoms with E-state index in [2.05, 4.69) is 64.1 Å². The van der Waals surface area contributed by atoms with E-state index in [0.29, 0.717) is 12.0 Å². The van der Waals surface area contributed by atoms with Crippen molar-refractivity contribution in [3.8, 4) is 0 Å². The molecule has 0 aliphatic heterocycles. The van der Waals surface area contributed by atoms with Gasteiger partial charge in [-0.25, -0.2) is 0 Å². The maximum atomic E-state index is 3.66. The summed E-state index contributed by atoms with van der Waals surface area (Å²) < 4.78 is 1.21. The van der Waals surface area contributed by atoms with Gasteiger partial charge in [0, 0.05) is 26.8 Å². The van der Waals surface area contributed by atoms with Gasteiger partial charge in [0.15, 0.2) is 0 Å². The summed E-state index contributed by atoms with van der Waals surface area (Å²) in [4.78, 5) is 2.79. The molecule has 0 aromatic carbocycles. The average Bonchev–Trinajstić information content (AvgIpc) is 2.91. The first-order valence-electron chi connectivity index (χ1n) is 5.67. The van der Waals surface area contributed by atoms with Gasteiger partial charge in [-0.1, -0.05) is 19.9 Å². The molecule has 92 valence electrons. The molecule has 0 saturated carbocycles. The maximum Gasteiger partial charge on any atom is 0.0440 e. The van der Waals surface area contributed by atoms with Gasteiger partial charge in [0.25, 0.3) is 0 Å². The molecule has 2 aromatic heterocycles. The van der Waals surface area contributed by atoms with E-state index in [1.807, 2.05) is 11.3 Å². The van der Waals surface area contributed by atoms with Crippen LogP contribution >= 0.6 is 38.6 Å². The van der Waals surface area contributed by atoms with Crippen molar-refractivity contribution < 1.29 is 0 Å². The lowest BCUT2D eigenvalue weighted by Crippen LogP contribution is -2.24. The second-order valence-corrected chi connectivity index (χ2v) is 7.14. The minimum atomic E-state index is 0.448. The number of nitrogens with one attached hydrogen (secondary N) is 1. The first-order chi connectivity index (χ1) is 8.18. The van der Waals surface area contributed by atoms with E-state index < -0.39 is 0 Å². The number of rotatable bonds is 5. The highest BCUT2D eigenvalue weighted by atomic mass is 79.9. The van der Waals surface area contributed by atoms with E-state index in [1.165, 1.54) is 14.2 Å². The van der Waals surface area contributed by atoms with Crippen molar-refractivity contribution in [2.45, 2.75) is 26.4 Å². The van der Waals surface area contributed by atoms with Crippen molar-refractivity contribution in [3.63, 3.8) is 0 Å². The molecule has 1 atom stereocenters. The Labute approximate surface area is 119 Å². The Hall–Kier alpha value is -0.160. The van der Waals surface area contributed by atoms with Gasteiger partial charge in [0.1, 0.15) is 0 Å². The van der Waals surface area contributed by atoms with Gasteiger partial charge in [-0.15, -0.1) is 22.7 Å². The monoisotopic (exact) mass is 329 g/mol. The summed E-state index contributed by atoms with van der Waals surface area (Å²) in [6.45, 7) is 5.46. The molecule has 0 fully saturated rings. The number of halogens is 1. The molecule has 2 heterocycles. The lowest BCUT2D eigenvalue weighted by Gasteiger charge is -2.21. The topological polar surface area (TPSA) is 12.0 Å². The molecule has 2 rings (SSSR count). The lowest BCUT2D eigenvalue weighted by atomic mass is 10.0. The zero-order valence-electron chi connectivity index (χ0n) is 9.94. The summed E-state index contributed by atoms with van der Waals surface area (Å²) in [6.07, 6.45) is 0. The number of thiophene rings is 2.